The maximum Gasteiger partial charge on any atom is 0.326 e. The zero-order valence-electron chi connectivity index (χ0n) is 10.1. The smallest absolute Gasteiger partial charge is 0.326 e. The Morgan fingerprint density at radius 1 is 1.53 bits per heavy atom. The summed E-state index contributed by atoms with van der Waals surface area (Å²) >= 11 is 0. The minimum Gasteiger partial charge on any atom is -0.480 e. The summed E-state index contributed by atoms with van der Waals surface area (Å²) in [7, 11) is 0. The lowest BCUT2D eigenvalue weighted by molar-refractivity contribution is -0.383. The van der Waals surface area contributed by atoms with E-state index in [0.29, 0.717) is 0 Å². The number of nitrogen functional groups attached to an aromatic ring is 1. The number of benzene rings is 1. The van der Waals surface area contributed by atoms with E-state index in [2.05, 4.69) is 5.32 Å². The lowest BCUT2D eigenvalue weighted by atomic mass is 10.1. The predicted octanol–water partition coefficient (Wildman–Crippen LogP) is 0.770. The molecule has 0 aromatic heterocycles. The van der Waals surface area contributed by atoms with Crippen molar-refractivity contribution in [1.82, 2.24) is 5.32 Å². The molecular weight excluding hydrogens is 254 g/mol. The molecule has 0 heterocycles. The summed E-state index contributed by atoms with van der Waals surface area (Å²) in [4.78, 5) is 32.6. The number of carboxylic acids is 1. The van der Waals surface area contributed by atoms with E-state index >= 15 is 0 Å². The third-order valence-corrected chi connectivity index (χ3v) is 2.54. The van der Waals surface area contributed by atoms with Crippen LogP contribution < -0.4 is 11.1 Å². The molecule has 1 aromatic carbocycles. The lowest BCUT2D eigenvalue weighted by Gasteiger charge is -2.13. The van der Waals surface area contributed by atoms with E-state index in [1.165, 1.54) is 18.2 Å². The highest BCUT2D eigenvalue weighted by molar-refractivity contribution is 6.02. The molecule has 1 atom stereocenters. The number of nitrogens with zero attached hydrogens (tertiary/aromatic N) is 1. The summed E-state index contributed by atoms with van der Waals surface area (Å²) in [5.41, 5.74) is 4.73. The summed E-state index contributed by atoms with van der Waals surface area (Å²) in [6, 6.07) is 2.71. The molecule has 1 rings (SSSR count). The Balaban J connectivity index is 3.04. The van der Waals surface area contributed by atoms with E-state index in [1.807, 2.05) is 0 Å². The van der Waals surface area contributed by atoms with Crippen LogP contribution in [0.15, 0.2) is 18.2 Å². The molecule has 102 valence electrons. The van der Waals surface area contributed by atoms with Crippen LogP contribution >= 0.6 is 0 Å². The number of anilines is 1. The summed E-state index contributed by atoms with van der Waals surface area (Å²) in [5.74, 6) is -1.93. The summed E-state index contributed by atoms with van der Waals surface area (Å²) in [6.45, 7) is 1.59. The highest BCUT2D eigenvalue weighted by Crippen LogP contribution is 2.24. The fourth-order valence-corrected chi connectivity index (χ4v) is 1.48. The molecule has 0 saturated carbocycles. The molecule has 1 amide bonds. The van der Waals surface area contributed by atoms with Crippen LogP contribution in [0.5, 0.6) is 0 Å². The number of nitrogens with one attached hydrogen (secondary N) is 1. The fraction of sp³-hybridized carbons (Fsp3) is 0.273. The van der Waals surface area contributed by atoms with Gasteiger partial charge in [0.1, 0.15) is 11.7 Å². The van der Waals surface area contributed by atoms with Gasteiger partial charge in [0.15, 0.2) is 0 Å². The second-order valence-corrected chi connectivity index (χ2v) is 3.77. The molecule has 0 aliphatic carbocycles. The van der Waals surface area contributed by atoms with Crippen LogP contribution in [-0.4, -0.2) is 27.9 Å². The summed E-state index contributed by atoms with van der Waals surface area (Å²) < 4.78 is 0. The third-order valence-electron chi connectivity index (χ3n) is 2.54. The van der Waals surface area contributed by atoms with Crippen molar-refractivity contribution in [3.8, 4) is 0 Å². The summed E-state index contributed by atoms with van der Waals surface area (Å²) in [6.07, 6.45) is 0.190. The first-order chi connectivity index (χ1) is 8.88. The van der Waals surface area contributed by atoms with Crippen LogP contribution in [0.25, 0.3) is 0 Å². The Kier molecular flexibility index (Phi) is 4.41. The van der Waals surface area contributed by atoms with E-state index in [9.17, 15) is 19.7 Å². The van der Waals surface area contributed by atoms with Crippen LogP contribution in [0.4, 0.5) is 11.4 Å². The zero-order valence-corrected chi connectivity index (χ0v) is 10.1. The van der Waals surface area contributed by atoms with Gasteiger partial charge in [-0.2, -0.15) is 0 Å². The first-order valence-corrected chi connectivity index (χ1v) is 5.45. The van der Waals surface area contributed by atoms with Crippen molar-refractivity contribution in [3.63, 3.8) is 0 Å². The quantitative estimate of drug-likeness (QED) is 0.409. The Bertz CT molecular complexity index is 529. The second-order valence-electron chi connectivity index (χ2n) is 3.77. The Hall–Kier alpha value is -2.64. The SMILES string of the molecule is CCC(NC(=O)c1cccc([N+](=O)[O-])c1N)C(=O)O. The number of aliphatic carboxylic acids is 1. The van der Waals surface area contributed by atoms with Gasteiger partial charge in [-0.1, -0.05) is 13.0 Å². The molecular formula is C11H13N3O5. The van der Waals surface area contributed by atoms with E-state index in [4.69, 9.17) is 10.8 Å². The van der Waals surface area contributed by atoms with Crippen molar-refractivity contribution in [2.45, 2.75) is 19.4 Å². The van der Waals surface area contributed by atoms with Crippen LogP contribution in [0.2, 0.25) is 0 Å². The van der Waals surface area contributed by atoms with Gasteiger partial charge in [-0.15, -0.1) is 0 Å². The number of nitro benzene ring substituents is 1. The predicted molar refractivity (Wildman–Crippen MR) is 66.7 cm³/mol. The average Bonchev–Trinajstić information content (AvgIpc) is 2.35. The minimum absolute atomic E-state index is 0.117. The Morgan fingerprint density at radius 3 is 2.63 bits per heavy atom. The zero-order chi connectivity index (χ0) is 14.6. The largest absolute Gasteiger partial charge is 0.480 e. The van der Waals surface area contributed by atoms with E-state index < -0.39 is 28.5 Å². The molecule has 0 aliphatic heterocycles. The van der Waals surface area contributed by atoms with Crippen molar-refractivity contribution >= 4 is 23.3 Å². The molecule has 0 radical (unpaired) electrons. The number of amides is 1. The molecule has 0 fully saturated rings. The molecule has 8 nitrogen and oxygen atoms in total. The molecule has 0 saturated heterocycles. The number of carbonyl (C=O) groups is 2. The first-order valence-electron chi connectivity index (χ1n) is 5.45. The van der Waals surface area contributed by atoms with Crippen LogP contribution in [0.3, 0.4) is 0 Å². The first kappa shape index (κ1) is 14.4. The number of hydrogen-bond donors (Lipinski definition) is 3. The molecule has 0 aliphatic rings. The number of carbonyl (C=O) groups excluding carboxylic acids is 1. The van der Waals surface area contributed by atoms with E-state index in [-0.39, 0.29) is 17.7 Å². The highest BCUT2D eigenvalue weighted by Gasteiger charge is 2.23. The van der Waals surface area contributed by atoms with Crippen molar-refractivity contribution < 1.29 is 19.6 Å². The number of carboxylic acid groups (broad SMARTS) is 1. The standard InChI is InChI=1S/C11H13N3O5/c1-2-7(11(16)17)13-10(15)6-4-3-5-8(9(6)12)14(18)19/h3-5,7H,2,12H2,1H3,(H,13,15)(H,16,17). The molecule has 19 heavy (non-hydrogen) atoms. The van der Waals surface area contributed by atoms with E-state index in [1.54, 1.807) is 6.92 Å². The highest BCUT2D eigenvalue weighted by atomic mass is 16.6. The van der Waals surface area contributed by atoms with Crippen molar-refractivity contribution in [1.29, 1.82) is 0 Å². The van der Waals surface area contributed by atoms with Gasteiger partial charge in [-0.25, -0.2) is 4.79 Å². The van der Waals surface area contributed by atoms with Crippen molar-refractivity contribution in [3.05, 3.63) is 33.9 Å². The van der Waals surface area contributed by atoms with Gasteiger partial charge in [0.2, 0.25) is 0 Å². The number of nitro groups is 1. The number of rotatable bonds is 5. The van der Waals surface area contributed by atoms with Gasteiger partial charge in [0, 0.05) is 6.07 Å². The molecule has 0 spiro atoms. The molecule has 8 heteroatoms. The minimum atomic E-state index is -1.18. The average molecular weight is 267 g/mol. The van der Waals surface area contributed by atoms with Gasteiger partial charge < -0.3 is 16.2 Å². The molecule has 4 N–H and O–H groups in total. The van der Waals surface area contributed by atoms with Gasteiger partial charge in [-0.3, -0.25) is 14.9 Å². The van der Waals surface area contributed by atoms with E-state index in [0.717, 1.165) is 0 Å². The third kappa shape index (κ3) is 3.18. The van der Waals surface area contributed by atoms with Gasteiger partial charge in [0.25, 0.3) is 11.6 Å². The molecule has 1 unspecified atom stereocenters. The van der Waals surface area contributed by atoms with Crippen molar-refractivity contribution in [2.24, 2.45) is 0 Å². The molecule has 1 aromatic rings. The second kappa shape index (κ2) is 5.80. The topological polar surface area (TPSA) is 136 Å². The van der Waals surface area contributed by atoms with Crippen molar-refractivity contribution in [2.75, 3.05) is 5.73 Å². The van der Waals surface area contributed by atoms with Crippen LogP contribution in [0, 0.1) is 10.1 Å². The Morgan fingerprint density at radius 2 is 2.16 bits per heavy atom. The summed E-state index contributed by atoms with van der Waals surface area (Å²) in [5, 5.41) is 21.8. The van der Waals surface area contributed by atoms with Gasteiger partial charge in [0.05, 0.1) is 10.5 Å². The maximum absolute atomic E-state index is 11.8. The number of nitrogens with two attached hydrogens (primary N) is 1. The number of hydrogen-bond acceptors (Lipinski definition) is 5. The fourth-order valence-electron chi connectivity index (χ4n) is 1.48. The van der Waals surface area contributed by atoms with Gasteiger partial charge >= 0.3 is 5.97 Å². The van der Waals surface area contributed by atoms with Gasteiger partial charge in [-0.05, 0) is 12.5 Å². The maximum atomic E-state index is 11.8. The van der Waals surface area contributed by atoms with Crippen LogP contribution in [0.1, 0.15) is 23.7 Å². The molecule has 0 bridgehead atoms. The normalized spacial score (nSPS) is 11.6. The Labute approximate surface area is 108 Å². The van der Waals surface area contributed by atoms with Crippen LogP contribution in [-0.2, 0) is 4.79 Å². The monoisotopic (exact) mass is 267 g/mol. The lowest BCUT2D eigenvalue weighted by Crippen LogP contribution is -2.40. The number of para-hydroxylation sites is 1.